The summed E-state index contributed by atoms with van der Waals surface area (Å²) in [5.41, 5.74) is 10.1. The third-order valence-corrected chi connectivity index (χ3v) is 3.15. The highest BCUT2D eigenvalue weighted by Gasteiger charge is 2.06. The van der Waals surface area contributed by atoms with Crippen LogP contribution in [0.3, 0.4) is 0 Å². The summed E-state index contributed by atoms with van der Waals surface area (Å²) in [5.74, 6) is 0.908. The van der Waals surface area contributed by atoms with E-state index in [1.54, 1.807) is 0 Å². The van der Waals surface area contributed by atoms with E-state index in [9.17, 15) is 0 Å². The van der Waals surface area contributed by atoms with Gasteiger partial charge < -0.3 is 5.73 Å². The first-order valence-electron chi connectivity index (χ1n) is 6.27. The predicted molar refractivity (Wildman–Crippen MR) is 73.2 cm³/mol. The highest BCUT2D eigenvalue weighted by Crippen LogP contribution is 2.11. The van der Waals surface area contributed by atoms with Crippen molar-refractivity contribution in [2.75, 3.05) is 0 Å². The second-order valence-corrected chi connectivity index (χ2v) is 4.48. The second-order valence-electron chi connectivity index (χ2n) is 4.48. The maximum Gasteiger partial charge on any atom is 0.129 e. The lowest BCUT2D eigenvalue weighted by atomic mass is 10.1. The maximum absolute atomic E-state index is 5.69. The summed E-state index contributed by atoms with van der Waals surface area (Å²) >= 11 is 0. The molecule has 3 nitrogen and oxygen atoms in total. The summed E-state index contributed by atoms with van der Waals surface area (Å²) in [5, 5.41) is 0. The lowest BCUT2D eigenvalue weighted by molar-refractivity contribution is 0.812. The van der Waals surface area contributed by atoms with Crippen molar-refractivity contribution in [3.8, 4) is 0 Å². The van der Waals surface area contributed by atoms with E-state index >= 15 is 0 Å². The van der Waals surface area contributed by atoms with Crippen LogP contribution in [0.2, 0.25) is 0 Å². The van der Waals surface area contributed by atoms with Crippen molar-refractivity contribution in [1.82, 2.24) is 9.97 Å². The summed E-state index contributed by atoms with van der Waals surface area (Å²) in [6.07, 6.45) is 1.85. The smallest absolute Gasteiger partial charge is 0.129 e. The van der Waals surface area contributed by atoms with Crippen LogP contribution in [0.1, 0.15) is 28.3 Å². The van der Waals surface area contributed by atoms with Gasteiger partial charge in [-0.15, -0.1) is 0 Å². The van der Waals surface area contributed by atoms with E-state index in [4.69, 9.17) is 5.73 Å². The molecule has 0 atom stereocenters. The Morgan fingerprint density at radius 1 is 0.944 bits per heavy atom. The van der Waals surface area contributed by atoms with Gasteiger partial charge in [-0.3, -0.25) is 0 Å². The average molecular weight is 241 g/mol. The lowest BCUT2D eigenvalue weighted by Crippen LogP contribution is -2.09. The van der Waals surface area contributed by atoms with Crippen molar-refractivity contribution < 1.29 is 0 Å². The van der Waals surface area contributed by atoms with E-state index in [1.807, 2.05) is 19.9 Å². The molecule has 0 radical (unpaired) electrons. The predicted octanol–water partition coefficient (Wildman–Crippen LogP) is 2.34. The molecule has 0 aliphatic carbocycles. The number of benzene rings is 1. The molecule has 0 bridgehead atoms. The Bertz CT molecular complexity index is 498. The minimum atomic E-state index is 0.511. The molecule has 2 N–H and O–H groups in total. The summed E-state index contributed by atoms with van der Waals surface area (Å²) in [6, 6.07) is 10.4. The van der Waals surface area contributed by atoms with Crippen molar-refractivity contribution in [3.05, 3.63) is 58.7 Å². The van der Waals surface area contributed by atoms with E-state index in [0.29, 0.717) is 6.54 Å². The number of hydrogen-bond acceptors (Lipinski definition) is 3. The third-order valence-electron chi connectivity index (χ3n) is 3.15. The SMILES string of the molecule is Cc1nc(CCc2ccccc2)nc(C)c1CN. The standard InChI is InChI=1S/C15H19N3/c1-11-14(10-16)12(2)18-15(17-11)9-8-13-6-4-3-5-7-13/h3-7H,8-10,16H2,1-2H3. The molecule has 0 unspecified atom stereocenters. The fourth-order valence-corrected chi connectivity index (χ4v) is 2.12. The molecule has 2 aromatic rings. The van der Waals surface area contributed by atoms with Crippen molar-refractivity contribution in [3.63, 3.8) is 0 Å². The number of hydrogen-bond donors (Lipinski definition) is 1. The number of nitrogens with zero attached hydrogens (tertiary/aromatic N) is 2. The molecule has 0 amide bonds. The van der Waals surface area contributed by atoms with Crippen LogP contribution < -0.4 is 5.73 Å². The van der Waals surface area contributed by atoms with Gasteiger partial charge in [-0.1, -0.05) is 30.3 Å². The van der Waals surface area contributed by atoms with Gasteiger partial charge in [0.25, 0.3) is 0 Å². The molecular weight excluding hydrogens is 222 g/mol. The van der Waals surface area contributed by atoms with Gasteiger partial charge in [0.05, 0.1) is 0 Å². The summed E-state index contributed by atoms with van der Waals surface area (Å²) in [4.78, 5) is 9.06. The van der Waals surface area contributed by atoms with E-state index in [-0.39, 0.29) is 0 Å². The molecular formula is C15H19N3. The van der Waals surface area contributed by atoms with Crippen molar-refractivity contribution >= 4 is 0 Å². The highest BCUT2D eigenvalue weighted by atomic mass is 14.9. The molecule has 0 aliphatic rings. The Morgan fingerprint density at radius 2 is 1.56 bits per heavy atom. The molecule has 0 saturated carbocycles. The summed E-state index contributed by atoms with van der Waals surface area (Å²) in [7, 11) is 0. The zero-order valence-electron chi connectivity index (χ0n) is 11.0. The van der Waals surface area contributed by atoms with Crippen molar-refractivity contribution in [2.24, 2.45) is 5.73 Å². The number of aromatic nitrogens is 2. The molecule has 0 aliphatic heterocycles. The normalized spacial score (nSPS) is 10.6. The Labute approximate surface area is 108 Å². The van der Waals surface area contributed by atoms with Gasteiger partial charge in [-0.05, 0) is 25.8 Å². The van der Waals surface area contributed by atoms with Gasteiger partial charge in [0.15, 0.2) is 0 Å². The largest absolute Gasteiger partial charge is 0.326 e. The highest BCUT2D eigenvalue weighted by molar-refractivity contribution is 5.24. The number of aryl methyl sites for hydroxylation is 4. The van der Waals surface area contributed by atoms with Gasteiger partial charge >= 0.3 is 0 Å². The van der Waals surface area contributed by atoms with Crippen LogP contribution in [0.4, 0.5) is 0 Å². The second kappa shape index (κ2) is 5.74. The first kappa shape index (κ1) is 12.7. The van der Waals surface area contributed by atoms with Gasteiger partial charge in [0.1, 0.15) is 5.82 Å². The van der Waals surface area contributed by atoms with E-state index < -0.39 is 0 Å². The van der Waals surface area contributed by atoms with E-state index in [2.05, 4.69) is 34.2 Å². The Hall–Kier alpha value is -1.74. The minimum absolute atomic E-state index is 0.511. The van der Waals surface area contributed by atoms with Crippen LogP contribution in [0.25, 0.3) is 0 Å². The molecule has 2 rings (SSSR count). The van der Waals surface area contributed by atoms with Crippen molar-refractivity contribution in [2.45, 2.75) is 33.2 Å². The van der Waals surface area contributed by atoms with Crippen LogP contribution in [0, 0.1) is 13.8 Å². The van der Waals surface area contributed by atoms with Gasteiger partial charge in [0.2, 0.25) is 0 Å². The minimum Gasteiger partial charge on any atom is -0.326 e. The van der Waals surface area contributed by atoms with Crippen LogP contribution >= 0.6 is 0 Å². The fourth-order valence-electron chi connectivity index (χ4n) is 2.12. The quantitative estimate of drug-likeness (QED) is 0.894. The lowest BCUT2D eigenvalue weighted by Gasteiger charge is -2.09. The molecule has 1 aromatic carbocycles. The molecule has 18 heavy (non-hydrogen) atoms. The Kier molecular flexibility index (Phi) is 4.05. The average Bonchev–Trinajstić information content (AvgIpc) is 2.37. The van der Waals surface area contributed by atoms with Gasteiger partial charge in [0, 0.05) is 29.9 Å². The van der Waals surface area contributed by atoms with Gasteiger partial charge in [-0.25, -0.2) is 9.97 Å². The number of nitrogens with two attached hydrogens (primary N) is 1. The van der Waals surface area contributed by atoms with Crippen LogP contribution in [0.15, 0.2) is 30.3 Å². The molecule has 0 fully saturated rings. The number of rotatable bonds is 4. The first-order valence-corrected chi connectivity index (χ1v) is 6.27. The van der Waals surface area contributed by atoms with E-state index in [0.717, 1.165) is 35.6 Å². The van der Waals surface area contributed by atoms with Crippen molar-refractivity contribution in [1.29, 1.82) is 0 Å². The fraction of sp³-hybridized carbons (Fsp3) is 0.333. The zero-order chi connectivity index (χ0) is 13.0. The molecule has 0 spiro atoms. The van der Waals surface area contributed by atoms with E-state index in [1.165, 1.54) is 5.56 Å². The van der Waals surface area contributed by atoms with Crippen LogP contribution in [-0.2, 0) is 19.4 Å². The molecule has 3 heteroatoms. The molecule has 1 heterocycles. The van der Waals surface area contributed by atoms with Crippen LogP contribution in [0.5, 0.6) is 0 Å². The maximum atomic E-state index is 5.69. The first-order chi connectivity index (χ1) is 8.70. The topological polar surface area (TPSA) is 51.8 Å². The Balaban J connectivity index is 2.11. The monoisotopic (exact) mass is 241 g/mol. The summed E-state index contributed by atoms with van der Waals surface area (Å²) in [6.45, 7) is 4.52. The molecule has 1 aromatic heterocycles. The zero-order valence-corrected chi connectivity index (χ0v) is 11.0. The third kappa shape index (κ3) is 2.93. The molecule has 94 valence electrons. The Morgan fingerprint density at radius 3 is 2.11 bits per heavy atom. The van der Waals surface area contributed by atoms with Crippen LogP contribution in [-0.4, -0.2) is 9.97 Å². The summed E-state index contributed by atoms with van der Waals surface area (Å²) < 4.78 is 0. The van der Waals surface area contributed by atoms with Gasteiger partial charge in [-0.2, -0.15) is 0 Å². The molecule has 0 saturated heterocycles.